The summed E-state index contributed by atoms with van der Waals surface area (Å²) in [5, 5.41) is 0. The van der Waals surface area contributed by atoms with E-state index in [9.17, 15) is 4.79 Å². The highest BCUT2D eigenvalue weighted by atomic mass is 16.5. The summed E-state index contributed by atoms with van der Waals surface area (Å²) in [6.45, 7) is 0.923. The molecule has 1 aliphatic carbocycles. The van der Waals surface area contributed by atoms with Crippen LogP contribution in [-0.4, -0.2) is 24.5 Å². The van der Waals surface area contributed by atoms with E-state index in [1.54, 1.807) is 7.11 Å². The van der Waals surface area contributed by atoms with Gasteiger partial charge < -0.3 is 9.64 Å². The van der Waals surface area contributed by atoms with E-state index in [2.05, 4.69) is 17.0 Å². The number of hydrogen-bond acceptors (Lipinski definition) is 2. The summed E-state index contributed by atoms with van der Waals surface area (Å²) in [4.78, 5) is 15.1. The first-order chi connectivity index (χ1) is 10.8. The predicted molar refractivity (Wildman–Crippen MR) is 87.9 cm³/mol. The van der Waals surface area contributed by atoms with E-state index in [-0.39, 0.29) is 12.0 Å². The fourth-order valence-corrected chi connectivity index (χ4v) is 3.95. The molecule has 3 nitrogen and oxygen atoms in total. The maximum Gasteiger partial charge on any atom is 0.226 e. The Morgan fingerprint density at radius 1 is 1.00 bits per heavy atom. The largest absolute Gasteiger partial charge is 0.497 e. The van der Waals surface area contributed by atoms with Gasteiger partial charge in [-0.2, -0.15) is 0 Å². The van der Waals surface area contributed by atoms with E-state index in [1.807, 2.05) is 12.1 Å². The van der Waals surface area contributed by atoms with Gasteiger partial charge in [-0.15, -0.1) is 0 Å². The SMILES string of the molecule is COc1ccc([C@@H]2CCCCCN2C(=O)C2CCCC2)cc1. The fourth-order valence-electron chi connectivity index (χ4n) is 3.95. The number of benzene rings is 1. The van der Waals surface area contributed by atoms with E-state index >= 15 is 0 Å². The summed E-state index contributed by atoms with van der Waals surface area (Å²) in [7, 11) is 1.69. The van der Waals surface area contributed by atoms with Crippen molar-refractivity contribution in [1.29, 1.82) is 0 Å². The van der Waals surface area contributed by atoms with Crippen LogP contribution in [0.15, 0.2) is 24.3 Å². The maximum atomic E-state index is 13.0. The van der Waals surface area contributed by atoms with Crippen molar-refractivity contribution in [3.8, 4) is 5.75 Å². The van der Waals surface area contributed by atoms with Crippen molar-refractivity contribution in [1.82, 2.24) is 4.90 Å². The molecule has 2 fully saturated rings. The van der Waals surface area contributed by atoms with Crippen LogP contribution in [0.1, 0.15) is 63.0 Å². The van der Waals surface area contributed by atoms with E-state index in [1.165, 1.54) is 31.2 Å². The molecule has 1 saturated heterocycles. The molecular formula is C19H27NO2. The zero-order valence-corrected chi connectivity index (χ0v) is 13.6. The van der Waals surface area contributed by atoms with Gasteiger partial charge in [0.25, 0.3) is 0 Å². The summed E-state index contributed by atoms with van der Waals surface area (Å²) >= 11 is 0. The van der Waals surface area contributed by atoms with Crippen molar-refractivity contribution >= 4 is 5.91 Å². The molecule has 0 bridgehead atoms. The molecule has 22 heavy (non-hydrogen) atoms. The van der Waals surface area contributed by atoms with Crippen LogP contribution in [0.25, 0.3) is 0 Å². The van der Waals surface area contributed by atoms with Gasteiger partial charge in [0.1, 0.15) is 5.75 Å². The first-order valence-corrected chi connectivity index (χ1v) is 8.74. The Morgan fingerprint density at radius 2 is 1.68 bits per heavy atom. The lowest BCUT2D eigenvalue weighted by Crippen LogP contribution is -2.38. The van der Waals surface area contributed by atoms with Gasteiger partial charge in [-0.3, -0.25) is 4.79 Å². The highest BCUT2D eigenvalue weighted by Gasteiger charge is 2.32. The highest BCUT2D eigenvalue weighted by Crippen LogP contribution is 2.35. The van der Waals surface area contributed by atoms with Crippen molar-refractivity contribution in [2.75, 3.05) is 13.7 Å². The Labute approximate surface area is 133 Å². The molecule has 0 radical (unpaired) electrons. The van der Waals surface area contributed by atoms with Crippen LogP contribution in [0.2, 0.25) is 0 Å². The minimum Gasteiger partial charge on any atom is -0.497 e. The van der Waals surface area contributed by atoms with Crippen molar-refractivity contribution in [2.45, 2.75) is 57.4 Å². The van der Waals surface area contributed by atoms with Crippen LogP contribution in [0.4, 0.5) is 0 Å². The number of amides is 1. The molecule has 0 N–H and O–H groups in total. The van der Waals surface area contributed by atoms with Crippen molar-refractivity contribution in [2.24, 2.45) is 5.92 Å². The average molecular weight is 301 g/mol. The van der Waals surface area contributed by atoms with Crippen LogP contribution in [0.5, 0.6) is 5.75 Å². The van der Waals surface area contributed by atoms with Gasteiger partial charge in [0.2, 0.25) is 5.91 Å². The Morgan fingerprint density at radius 3 is 2.36 bits per heavy atom. The summed E-state index contributed by atoms with van der Waals surface area (Å²) < 4.78 is 5.26. The molecule has 1 amide bonds. The van der Waals surface area contributed by atoms with Gasteiger partial charge in [0.05, 0.1) is 13.2 Å². The second-order valence-electron chi connectivity index (χ2n) is 6.65. The summed E-state index contributed by atoms with van der Waals surface area (Å²) in [5.74, 6) is 1.56. The zero-order valence-electron chi connectivity index (χ0n) is 13.6. The number of nitrogens with zero attached hydrogens (tertiary/aromatic N) is 1. The first-order valence-electron chi connectivity index (χ1n) is 8.74. The van der Waals surface area contributed by atoms with Gasteiger partial charge in [0, 0.05) is 12.5 Å². The third kappa shape index (κ3) is 3.29. The van der Waals surface area contributed by atoms with Crippen LogP contribution in [0.3, 0.4) is 0 Å². The Kier molecular flexibility index (Phi) is 5.01. The second kappa shape index (κ2) is 7.17. The Hall–Kier alpha value is -1.51. The minimum absolute atomic E-state index is 0.251. The topological polar surface area (TPSA) is 29.5 Å². The van der Waals surface area contributed by atoms with Crippen LogP contribution in [0, 0.1) is 5.92 Å². The molecule has 1 heterocycles. The molecule has 1 atom stereocenters. The molecule has 1 aromatic carbocycles. The highest BCUT2D eigenvalue weighted by molar-refractivity contribution is 5.79. The molecule has 1 aromatic rings. The normalized spacial score (nSPS) is 23.3. The monoisotopic (exact) mass is 301 g/mol. The number of carbonyl (C=O) groups is 1. The standard InChI is InChI=1S/C19H27NO2/c1-22-17-12-10-15(11-13-17)18-9-3-2-6-14-20(18)19(21)16-7-4-5-8-16/h10-13,16,18H,2-9,14H2,1H3/t18-/m0/s1. The number of likely N-dealkylation sites (tertiary alicyclic amines) is 1. The van der Waals surface area contributed by atoms with Crippen LogP contribution in [-0.2, 0) is 4.79 Å². The van der Waals surface area contributed by atoms with E-state index in [4.69, 9.17) is 4.74 Å². The molecule has 2 aliphatic rings. The number of rotatable bonds is 3. The molecule has 0 aromatic heterocycles. The number of hydrogen-bond donors (Lipinski definition) is 0. The molecule has 1 saturated carbocycles. The lowest BCUT2D eigenvalue weighted by atomic mass is 9.98. The molecule has 3 rings (SSSR count). The van der Waals surface area contributed by atoms with Crippen molar-refractivity contribution < 1.29 is 9.53 Å². The van der Waals surface area contributed by atoms with Gasteiger partial charge in [-0.05, 0) is 43.4 Å². The number of carbonyl (C=O) groups excluding carboxylic acids is 1. The Bertz CT molecular complexity index is 491. The smallest absolute Gasteiger partial charge is 0.226 e. The van der Waals surface area contributed by atoms with E-state index in [0.717, 1.165) is 38.0 Å². The van der Waals surface area contributed by atoms with Crippen molar-refractivity contribution in [3.63, 3.8) is 0 Å². The maximum absolute atomic E-state index is 13.0. The second-order valence-corrected chi connectivity index (χ2v) is 6.65. The van der Waals surface area contributed by atoms with E-state index < -0.39 is 0 Å². The van der Waals surface area contributed by atoms with Crippen molar-refractivity contribution in [3.05, 3.63) is 29.8 Å². The van der Waals surface area contributed by atoms with Gasteiger partial charge in [-0.1, -0.05) is 37.8 Å². The average Bonchev–Trinajstić information content (AvgIpc) is 2.99. The lowest BCUT2D eigenvalue weighted by Gasteiger charge is -2.32. The first kappa shape index (κ1) is 15.4. The molecule has 0 spiro atoms. The number of methoxy groups -OCH3 is 1. The summed E-state index contributed by atoms with van der Waals surface area (Å²) in [6, 6.07) is 8.53. The van der Waals surface area contributed by atoms with Gasteiger partial charge >= 0.3 is 0 Å². The molecule has 120 valence electrons. The van der Waals surface area contributed by atoms with Gasteiger partial charge in [-0.25, -0.2) is 0 Å². The van der Waals surface area contributed by atoms with Gasteiger partial charge in [0.15, 0.2) is 0 Å². The zero-order chi connectivity index (χ0) is 15.4. The summed E-state index contributed by atoms with van der Waals surface area (Å²) in [6.07, 6.45) is 9.30. The minimum atomic E-state index is 0.251. The summed E-state index contributed by atoms with van der Waals surface area (Å²) in [5.41, 5.74) is 1.26. The van der Waals surface area contributed by atoms with Crippen LogP contribution < -0.4 is 4.74 Å². The fraction of sp³-hybridized carbons (Fsp3) is 0.632. The predicted octanol–water partition coefficient (Wildman–Crippen LogP) is 4.33. The third-order valence-electron chi connectivity index (χ3n) is 5.24. The van der Waals surface area contributed by atoms with E-state index in [0.29, 0.717) is 5.91 Å². The molecular weight excluding hydrogens is 274 g/mol. The van der Waals surface area contributed by atoms with Crippen LogP contribution >= 0.6 is 0 Å². The number of ether oxygens (including phenoxy) is 1. The molecule has 3 heteroatoms. The molecule has 1 aliphatic heterocycles. The Balaban J connectivity index is 1.81. The third-order valence-corrected chi connectivity index (χ3v) is 5.24. The lowest BCUT2D eigenvalue weighted by molar-refractivity contribution is -0.137. The molecule has 0 unspecified atom stereocenters. The quantitative estimate of drug-likeness (QED) is 0.831.